The molecule has 0 fully saturated rings. The van der Waals surface area contributed by atoms with Crippen LogP contribution in [0.2, 0.25) is 0 Å². The normalized spacial score (nSPS) is 11.0. The minimum absolute atomic E-state index is 0.376. The summed E-state index contributed by atoms with van der Waals surface area (Å²) in [6.45, 7) is 0. The molecule has 25 heavy (non-hydrogen) atoms. The highest BCUT2D eigenvalue weighted by Gasteiger charge is 2.07. The van der Waals surface area contributed by atoms with E-state index in [4.69, 9.17) is 0 Å². The van der Waals surface area contributed by atoms with Gasteiger partial charge in [-0.15, -0.1) is 0 Å². The lowest BCUT2D eigenvalue weighted by Gasteiger charge is -1.99. The second kappa shape index (κ2) is 9.02. The van der Waals surface area contributed by atoms with Gasteiger partial charge in [0, 0.05) is 0 Å². The Hall–Kier alpha value is -3.42. The third-order valence-electron chi connectivity index (χ3n) is 2.87. The minimum Gasteiger partial charge on any atom is -0.273 e. The van der Waals surface area contributed by atoms with Crippen LogP contribution in [0.15, 0.2) is 58.7 Å². The summed E-state index contributed by atoms with van der Waals surface area (Å²) in [5.41, 5.74) is 5.53. The topological polar surface area (TPSA) is 82.9 Å². The van der Waals surface area contributed by atoms with Crippen molar-refractivity contribution in [1.29, 1.82) is 0 Å². The fourth-order valence-corrected chi connectivity index (χ4v) is 1.68. The number of nitrogens with zero attached hydrogens (tertiary/aromatic N) is 2. The Bertz CT molecular complexity index is 720. The van der Waals surface area contributed by atoms with Crippen molar-refractivity contribution < 1.29 is 18.4 Å². The molecule has 0 saturated carbocycles. The summed E-state index contributed by atoms with van der Waals surface area (Å²) in [7, 11) is 0. The number of benzene rings is 2. The maximum atomic E-state index is 12.7. The van der Waals surface area contributed by atoms with E-state index in [9.17, 15) is 18.4 Å². The number of nitrogens with one attached hydrogen (secondary N) is 2. The largest absolute Gasteiger partial charge is 0.273 e. The first-order valence-corrected chi connectivity index (χ1v) is 7.18. The van der Waals surface area contributed by atoms with Crippen molar-refractivity contribution in [1.82, 2.24) is 10.9 Å². The monoisotopic (exact) mass is 344 g/mol. The molecular weight excluding hydrogens is 330 g/mol. The molecule has 6 nitrogen and oxygen atoms in total. The molecule has 2 amide bonds. The van der Waals surface area contributed by atoms with Gasteiger partial charge in [-0.3, -0.25) is 9.59 Å². The number of halogens is 2. The summed E-state index contributed by atoms with van der Waals surface area (Å²) in [6, 6.07) is 11.0. The van der Waals surface area contributed by atoms with Gasteiger partial charge in [-0.1, -0.05) is 24.3 Å². The summed E-state index contributed by atoms with van der Waals surface area (Å²) in [4.78, 5) is 23.1. The average molecular weight is 344 g/mol. The zero-order chi connectivity index (χ0) is 18.1. The predicted octanol–water partition coefficient (Wildman–Crippen LogP) is 1.96. The standard InChI is InChI=1S/C17H14F2N4O2/c18-14-5-1-12(2-6-14)10-20-22-16(24)9-17(25)23-21-11-13-3-7-15(19)8-4-13/h1-8,10-11H,9H2,(H,22,24)(H,23,25)/b20-10-,21-11-. The van der Waals surface area contributed by atoms with Gasteiger partial charge in [-0.25, -0.2) is 19.6 Å². The van der Waals surface area contributed by atoms with Crippen molar-refractivity contribution in [3.63, 3.8) is 0 Å². The highest BCUT2D eigenvalue weighted by Crippen LogP contribution is 2.00. The first-order chi connectivity index (χ1) is 12.0. The smallest absolute Gasteiger partial charge is 0.249 e. The van der Waals surface area contributed by atoms with Crippen LogP contribution < -0.4 is 10.9 Å². The van der Waals surface area contributed by atoms with Gasteiger partial charge in [0.15, 0.2) is 0 Å². The second-order valence-electron chi connectivity index (χ2n) is 4.87. The summed E-state index contributed by atoms with van der Waals surface area (Å²) in [6.07, 6.45) is 2.17. The molecule has 128 valence electrons. The lowest BCUT2D eigenvalue weighted by atomic mass is 10.2. The van der Waals surface area contributed by atoms with E-state index in [0.29, 0.717) is 11.1 Å². The molecule has 2 aromatic carbocycles. The molecule has 0 aromatic heterocycles. The first kappa shape index (κ1) is 17.9. The molecule has 0 unspecified atom stereocenters. The molecule has 0 aliphatic heterocycles. The molecule has 0 aliphatic rings. The molecule has 2 N–H and O–H groups in total. The Morgan fingerprint density at radius 2 is 1.12 bits per heavy atom. The Balaban J connectivity index is 1.73. The number of carbonyl (C=O) groups is 2. The van der Waals surface area contributed by atoms with Crippen molar-refractivity contribution in [3.05, 3.63) is 71.3 Å². The number of carbonyl (C=O) groups excluding carboxylic acids is 2. The number of rotatable bonds is 6. The van der Waals surface area contributed by atoms with Crippen molar-refractivity contribution in [2.75, 3.05) is 0 Å². The number of hydrogen-bond acceptors (Lipinski definition) is 4. The van der Waals surface area contributed by atoms with Crippen molar-refractivity contribution >= 4 is 24.2 Å². The summed E-state index contributed by atoms with van der Waals surface area (Å²) < 4.78 is 25.4. The van der Waals surface area contributed by atoms with E-state index in [0.717, 1.165) is 0 Å². The van der Waals surface area contributed by atoms with Crippen LogP contribution in [-0.2, 0) is 9.59 Å². The van der Waals surface area contributed by atoms with Gasteiger partial charge in [-0.2, -0.15) is 10.2 Å². The maximum Gasteiger partial charge on any atom is 0.249 e. The molecule has 0 aliphatic carbocycles. The van der Waals surface area contributed by atoms with Gasteiger partial charge in [0.1, 0.15) is 18.1 Å². The number of amides is 2. The highest BCUT2D eigenvalue weighted by atomic mass is 19.1. The SMILES string of the molecule is O=C(CC(=O)N/N=C\c1ccc(F)cc1)N/N=C\c1ccc(F)cc1. The molecule has 0 heterocycles. The minimum atomic E-state index is -0.632. The number of hydrogen-bond donors (Lipinski definition) is 2. The third kappa shape index (κ3) is 6.69. The van der Waals surface area contributed by atoms with Gasteiger partial charge < -0.3 is 0 Å². The molecule has 0 radical (unpaired) electrons. The lowest BCUT2D eigenvalue weighted by molar-refractivity contribution is -0.129. The Labute approximate surface area is 142 Å². The molecule has 0 atom stereocenters. The fourth-order valence-electron chi connectivity index (χ4n) is 1.68. The molecule has 2 rings (SSSR count). The van der Waals surface area contributed by atoms with Crippen LogP contribution in [0, 0.1) is 11.6 Å². The van der Waals surface area contributed by atoms with Crippen LogP contribution in [0.4, 0.5) is 8.78 Å². The fraction of sp³-hybridized carbons (Fsp3) is 0.0588. The van der Waals surface area contributed by atoms with E-state index in [-0.39, 0.29) is 11.6 Å². The third-order valence-corrected chi connectivity index (χ3v) is 2.87. The van der Waals surface area contributed by atoms with Crippen molar-refractivity contribution in [3.8, 4) is 0 Å². The van der Waals surface area contributed by atoms with Crippen LogP contribution >= 0.6 is 0 Å². The Morgan fingerprint density at radius 1 is 0.760 bits per heavy atom. The summed E-state index contributed by atoms with van der Waals surface area (Å²) in [5.74, 6) is -2.02. The van der Waals surface area contributed by atoms with Crippen LogP contribution in [0.1, 0.15) is 17.5 Å². The Morgan fingerprint density at radius 3 is 1.48 bits per heavy atom. The van der Waals surface area contributed by atoms with E-state index in [1.807, 2.05) is 0 Å². The zero-order valence-corrected chi connectivity index (χ0v) is 12.9. The summed E-state index contributed by atoms with van der Waals surface area (Å²) in [5, 5.41) is 7.32. The average Bonchev–Trinajstić information content (AvgIpc) is 2.58. The second-order valence-corrected chi connectivity index (χ2v) is 4.87. The summed E-state index contributed by atoms with van der Waals surface area (Å²) >= 11 is 0. The van der Waals surface area contributed by atoms with Gasteiger partial charge in [0.05, 0.1) is 12.4 Å². The Kier molecular flexibility index (Phi) is 6.47. The van der Waals surface area contributed by atoms with Gasteiger partial charge >= 0.3 is 0 Å². The van der Waals surface area contributed by atoms with E-state index < -0.39 is 18.2 Å². The molecule has 2 aromatic rings. The van der Waals surface area contributed by atoms with Crippen LogP contribution in [0.5, 0.6) is 0 Å². The van der Waals surface area contributed by atoms with Crippen LogP contribution in [-0.4, -0.2) is 24.2 Å². The van der Waals surface area contributed by atoms with Gasteiger partial charge in [0.25, 0.3) is 0 Å². The molecule has 0 spiro atoms. The van der Waals surface area contributed by atoms with Gasteiger partial charge in [-0.05, 0) is 35.4 Å². The van der Waals surface area contributed by atoms with Crippen molar-refractivity contribution in [2.45, 2.75) is 6.42 Å². The maximum absolute atomic E-state index is 12.7. The zero-order valence-electron chi connectivity index (χ0n) is 12.9. The molecule has 8 heteroatoms. The lowest BCUT2D eigenvalue weighted by Crippen LogP contribution is -2.27. The van der Waals surface area contributed by atoms with E-state index in [1.54, 1.807) is 0 Å². The van der Waals surface area contributed by atoms with Crippen LogP contribution in [0.3, 0.4) is 0 Å². The molecule has 0 saturated heterocycles. The molecule has 0 bridgehead atoms. The van der Waals surface area contributed by atoms with Crippen LogP contribution in [0.25, 0.3) is 0 Å². The van der Waals surface area contributed by atoms with E-state index in [2.05, 4.69) is 21.1 Å². The van der Waals surface area contributed by atoms with E-state index >= 15 is 0 Å². The quantitative estimate of drug-likeness (QED) is 0.477. The molecular formula is C17H14F2N4O2. The highest BCUT2D eigenvalue weighted by molar-refractivity contribution is 5.97. The van der Waals surface area contributed by atoms with Crippen molar-refractivity contribution in [2.24, 2.45) is 10.2 Å². The number of hydrazone groups is 2. The van der Waals surface area contributed by atoms with Gasteiger partial charge in [0.2, 0.25) is 11.8 Å². The first-order valence-electron chi connectivity index (χ1n) is 7.18. The van der Waals surface area contributed by atoms with E-state index in [1.165, 1.54) is 61.0 Å². The predicted molar refractivity (Wildman–Crippen MR) is 88.9 cm³/mol.